The van der Waals surface area contributed by atoms with Gasteiger partial charge in [-0.1, -0.05) is 12.1 Å². The maximum Gasteiger partial charge on any atom is 0.337 e. The number of ether oxygens (including phenoxy) is 1. The molecule has 1 N–H and O–H groups in total. The Labute approximate surface area is 97.9 Å². The van der Waals surface area contributed by atoms with Crippen LogP contribution in [0.4, 0.5) is 0 Å². The van der Waals surface area contributed by atoms with Gasteiger partial charge in [-0.05, 0) is 29.3 Å². The summed E-state index contributed by atoms with van der Waals surface area (Å²) in [6, 6.07) is 10.2. The number of carbonyl (C=O) groups is 1. The van der Waals surface area contributed by atoms with Crippen molar-refractivity contribution in [2.45, 2.75) is 0 Å². The van der Waals surface area contributed by atoms with Crippen LogP contribution in [-0.2, 0) is 4.74 Å². The zero-order valence-corrected chi connectivity index (χ0v) is 9.27. The third-order valence-electron chi connectivity index (χ3n) is 2.40. The highest BCUT2D eigenvalue weighted by atomic mass is 16.5. The minimum absolute atomic E-state index is 0.155. The number of benzene rings is 1. The second-order valence-electron chi connectivity index (χ2n) is 3.51. The first-order valence-electron chi connectivity index (χ1n) is 5.08. The summed E-state index contributed by atoms with van der Waals surface area (Å²) in [6.45, 7) is 0. The SMILES string of the molecule is COC(=O)c1cccc(-c2ccc(=O)[nH]c2)c1. The Kier molecular flexibility index (Phi) is 3.05. The smallest absolute Gasteiger partial charge is 0.337 e. The van der Waals surface area contributed by atoms with Crippen molar-refractivity contribution in [3.05, 3.63) is 58.5 Å². The number of hydrogen-bond donors (Lipinski definition) is 1. The average Bonchev–Trinajstić information content (AvgIpc) is 2.39. The van der Waals surface area contributed by atoms with Gasteiger partial charge in [0.15, 0.2) is 0 Å². The van der Waals surface area contributed by atoms with Crippen LogP contribution < -0.4 is 5.56 Å². The topological polar surface area (TPSA) is 59.2 Å². The minimum Gasteiger partial charge on any atom is -0.465 e. The quantitative estimate of drug-likeness (QED) is 0.799. The second kappa shape index (κ2) is 4.65. The lowest BCUT2D eigenvalue weighted by Gasteiger charge is -2.03. The van der Waals surface area contributed by atoms with Crippen molar-refractivity contribution in [1.29, 1.82) is 0 Å². The zero-order chi connectivity index (χ0) is 12.3. The summed E-state index contributed by atoms with van der Waals surface area (Å²) in [4.78, 5) is 24.9. The van der Waals surface area contributed by atoms with Gasteiger partial charge in [-0.15, -0.1) is 0 Å². The standard InChI is InChI=1S/C13H11NO3/c1-17-13(16)10-4-2-3-9(7-10)11-5-6-12(15)14-8-11/h2-8H,1H3,(H,14,15). The minimum atomic E-state index is -0.378. The molecule has 0 aliphatic carbocycles. The molecule has 0 saturated carbocycles. The monoisotopic (exact) mass is 229 g/mol. The lowest BCUT2D eigenvalue weighted by Crippen LogP contribution is -2.02. The van der Waals surface area contributed by atoms with Crippen molar-refractivity contribution in [1.82, 2.24) is 4.98 Å². The molecule has 17 heavy (non-hydrogen) atoms. The van der Waals surface area contributed by atoms with Gasteiger partial charge in [0.05, 0.1) is 12.7 Å². The van der Waals surface area contributed by atoms with Gasteiger partial charge < -0.3 is 9.72 Å². The van der Waals surface area contributed by atoms with Crippen molar-refractivity contribution in [3.8, 4) is 11.1 Å². The number of nitrogens with one attached hydrogen (secondary N) is 1. The van der Waals surface area contributed by atoms with E-state index in [1.54, 1.807) is 30.5 Å². The van der Waals surface area contributed by atoms with Crippen molar-refractivity contribution in [2.24, 2.45) is 0 Å². The highest BCUT2D eigenvalue weighted by Gasteiger charge is 2.06. The third kappa shape index (κ3) is 2.42. The van der Waals surface area contributed by atoms with E-state index in [0.29, 0.717) is 5.56 Å². The van der Waals surface area contributed by atoms with Gasteiger partial charge >= 0.3 is 5.97 Å². The molecule has 0 bridgehead atoms. The van der Waals surface area contributed by atoms with Crippen LogP contribution >= 0.6 is 0 Å². The summed E-state index contributed by atoms with van der Waals surface area (Å²) in [5, 5.41) is 0. The van der Waals surface area contributed by atoms with Gasteiger partial charge in [-0.25, -0.2) is 4.79 Å². The average molecular weight is 229 g/mol. The van der Waals surface area contributed by atoms with E-state index in [0.717, 1.165) is 11.1 Å². The fourth-order valence-corrected chi connectivity index (χ4v) is 1.53. The van der Waals surface area contributed by atoms with E-state index in [2.05, 4.69) is 9.72 Å². The Hall–Kier alpha value is -2.36. The van der Waals surface area contributed by atoms with Crippen LogP contribution in [0.2, 0.25) is 0 Å². The molecule has 0 radical (unpaired) electrons. The molecule has 2 rings (SSSR count). The van der Waals surface area contributed by atoms with Gasteiger partial charge in [0.1, 0.15) is 0 Å². The highest BCUT2D eigenvalue weighted by Crippen LogP contribution is 2.18. The maximum absolute atomic E-state index is 11.4. The van der Waals surface area contributed by atoms with Gasteiger partial charge in [0, 0.05) is 12.3 Å². The Morgan fingerprint density at radius 3 is 2.65 bits per heavy atom. The predicted octanol–water partition coefficient (Wildman–Crippen LogP) is 1.83. The van der Waals surface area contributed by atoms with Crippen molar-refractivity contribution >= 4 is 5.97 Å². The molecule has 1 aromatic carbocycles. The number of methoxy groups -OCH3 is 1. The van der Waals surface area contributed by atoms with Crippen LogP contribution in [0.3, 0.4) is 0 Å². The molecule has 4 heteroatoms. The van der Waals surface area contributed by atoms with E-state index < -0.39 is 0 Å². The van der Waals surface area contributed by atoms with E-state index in [-0.39, 0.29) is 11.5 Å². The molecule has 0 atom stereocenters. The number of pyridine rings is 1. The van der Waals surface area contributed by atoms with Gasteiger partial charge in [0.2, 0.25) is 5.56 Å². The molecule has 0 amide bonds. The maximum atomic E-state index is 11.4. The first-order valence-corrected chi connectivity index (χ1v) is 5.08. The Bertz CT molecular complexity index is 581. The highest BCUT2D eigenvalue weighted by molar-refractivity contribution is 5.90. The van der Waals surface area contributed by atoms with E-state index in [1.165, 1.54) is 13.2 Å². The van der Waals surface area contributed by atoms with Crippen LogP contribution in [0.5, 0.6) is 0 Å². The molecule has 0 aliphatic rings. The Morgan fingerprint density at radius 2 is 2.00 bits per heavy atom. The van der Waals surface area contributed by atoms with Crippen LogP contribution in [-0.4, -0.2) is 18.1 Å². The fraction of sp³-hybridized carbons (Fsp3) is 0.0769. The molecular weight excluding hydrogens is 218 g/mol. The zero-order valence-electron chi connectivity index (χ0n) is 9.27. The number of aromatic nitrogens is 1. The lowest BCUT2D eigenvalue weighted by molar-refractivity contribution is 0.0601. The molecule has 86 valence electrons. The van der Waals surface area contributed by atoms with Gasteiger partial charge in [-0.3, -0.25) is 4.79 Å². The van der Waals surface area contributed by atoms with E-state index in [9.17, 15) is 9.59 Å². The van der Waals surface area contributed by atoms with E-state index in [4.69, 9.17) is 0 Å². The Morgan fingerprint density at radius 1 is 1.18 bits per heavy atom. The number of esters is 1. The molecule has 0 spiro atoms. The van der Waals surface area contributed by atoms with Crippen LogP contribution in [0.1, 0.15) is 10.4 Å². The summed E-state index contributed by atoms with van der Waals surface area (Å²) in [7, 11) is 1.34. The largest absolute Gasteiger partial charge is 0.465 e. The van der Waals surface area contributed by atoms with Gasteiger partial charge in [-0.2, -0.15) is 0 Å². The fourth-order valence-electron chi connectivity index (χ4n) is 1.53. The summed E-state index contributed by atoms with van der Waals surface area (Å²) >= 11 is 0. The van der Waals surface area contributed by atoms with Crippen molar-refractivity contribution in [2.75, 3.05) is 7.11 Å². The molecule has 4 nitrogen and oxygen atoms in total. The second-order valence-corrected chi connectivity index (χ2v) is 3.51. The summed E-state index contributed by atoms with van der Waals surface area (Å²) in [6.07, 6.45) is 1.61. The molecule has 1 heterocycles. The third-order valence-corrected chi connectivity index (χ3v) is 2.40. The summed E-state index contributed by atoms with van der Waals surface area (Å²) in [5.41, 5.74) is 2.02. The number of carbonyl (C=O) groups excluding carboxylic acids is 1. The first kappa shape index (κ1) is 11.1. The molecule has 0 aliphatic heterocycles. The van der Waals surface area contributed by atoms with Crippen molar-refractivity contribution in [3.63, 3.8) is 0 Å². The lowest BCUT2D eigenvalue weighted by atomic mass is 10.1. The van der Waals surface area contributed by atoms with E-state index >= 15 is 0 Å². The predicted molar refractivity (Wildman–Crippen MR) is 63.8 cm³/mol. The van der Waals surface area contributed by atoms with Crippen LogP contribution in [0.15, 0.2) is 47.4 Å². The van der Waals surface area contributed by atoms with Crippen LogP contribution in [0.25, 0.3) is 11.1 Å². The number of aromatic amines is 1. The summed E-state index contributed by atoms with van der Waals surface area (Å²) in [5.74, 6) is -0.378. The van der Waals surface area contributed by atoms with E-state index in [1.807, 2.05) is 6.07 Å². The molecule has 0 saturated heterocycles. The number of hydrogen-bond acceptors (Lipinski definition) is 3. The molecule has 0 fully saturated rings. The number of rotatable bonds is 2. The molecular formula is C13H11NO3. The molecule has 2 aromatic rings. The van der Waals surface area contributed by atoms with Crippen molar-refractivity contribution < 1.29 is 9.53 Å². The molecule has 1 aromatic heterocycles. The summed E-state index contributed by atoms with van der Waals surface area (Å²) < 4.78 is 4.65. The van der Waals surface area contributed by atoms with Crippen LogP contribution in [0, 0.1) is 0 Å². The normalized spacial score (nSPS) is 9.94. The number of H-pyrrole nitrogens is 1. The molecule has 0 unspecified atom stereocenters. The van der Waals surface area contributed by atoms with Gasteiger partial charge in [0.25, 0.3) is 0 Å². The Balaban J connectivity index is 2.42. The first-order chi connectivity index (χ1) is 8.20.